The number of nitrogens with one attached hydrogen (secondary N) is 1. The molecular weight excluding hydrogens is 338 g/mol. The van der Waals surface area contributed by atoms with E-state index in [0.717, 1.165) is 31.8 Å². The Balaban J connectivity index is 1.68. The van der Waals surface area contributed by atoms with Crippen molar-refractivity contribution in [3.63, 3.8) is 0 Å². The van der Waals surface area contributed by atoms with Crippen LogP contribution in [-0.2, 0) is 17.3 Å². The Hall–Kier alpha value is -2.22. The summed E-state index contributed by atoms with van der Waals surface area (Å²) in [6.45, 7) is 4.24. The molecule has 0 unspecified atom stereocenters. The zero-order valence-corrected chi connectivity index (χ0v) is 15.3. The van der Waals surface area contributed by atoms with Gasteiger partial charge in [-0.25, -0.2) is 4.79 Å². The predicted octanol–water partition coefficient (Wildman–Crippen LogP) is 2.45. The van der Waals surface area contributed by atoms with E-state index in [4.69, 9.17) is 0 Å². The molecule has 7 nitrogen and oxygen atoms in total. The first-order chi connectivity index (χ1) is 12.1. The number of urea groups is 1. The van der Waals surface area contributed by atoms with E-state index in [0.29, 0.717) is 17.1 Å². The third-order valence-electron chi connectivity index (χ3n) is 4.48. The summed E-state index contributed by atoms with van der Waals surface area (Å²) in [6.07, 6.45) is 5.31. The van der Waals surface area contributed by atoms with E-state index in [1.165, 1.54) is 0 Å². The topological polar surface area (TPSA) is 80.1 Å². The van der Waals surface area contributed by atoms with Crippen LogP contribution in [0.15, 0.2) is 35.5 Å². The van der Waals surface area contributed by atoms with Gasteiger partial charge >= 0.3 is 6.03 Å². The second kappa shape index (κ2) is 7.77. The molecule has 1 aromatic carbocycles. The number of likely N-dealkylation sites (tertiary alicyclic amines) is 1. The van der Waals surface area contributed by atoms with E-state index in [1.807, 2.05) is 15.5 Å². The van der Waals surface area contributed by atoms with Crippen LogP contribution < -0.4 is 5.32 Å². The van der Waals surface area contributed by atoms with E-state index in [-0.39, 0.29) is 11.9 Å². The van der Waals surface area contributed by atoms with Gasteiger partial charge in [-0.15, -0.1) is 10.2 Å². The van der Waals surface area contributed by atoms with Crippen molar-refractivity contribution < 1.29 is 9.00 Å². The molecule has 1 aliphatic rings. The summed E-state index contributed by atoms with van der Waals surface area (Å²) in [5.41, 5.74) is 0.663. The van der Waals surface area contributed by atoms with Crippen molar-refractivity contribution in [1.82, 2.24) is 19.7 Å². The third-order valence-corrected chi connectivity index (χ3v) is 5.39. The first-order valence-corrected chi connectivity index (χ1v) is 10.0. The molecule has 2 heterocycles. The molecule has 134 valence electrons. The van der Waals surface area contributed by atoms with Crippen molar-refractivity contribution in [2.75, 3.05) is 24.7 Å². The zero-order valence-electron chi connectivity index (χ0n) is 14.5. The molecule has 0 aliphatic carbocycles. The molecule has 1 aromatic heterocycles. The quantitative estimate of drug-likeness (QED) is 0.907. The van der Waals surface area contributed by atoms with Crippen LogP contribution in [-0.4, -0.2) is 49.2 Å². The average Bonchev–Trinajstić information content (AvgIpc) is 3.11. The maximum atomic E-state index is 12.6. The number of carbonyl (C=O) groups excluding carboxylic acids is 1. The Labute approximate surface area is 149 Å². The maximum Gasteiger partial charge on any atom is 0.321 e. The number of benzene rings is 1. The summed E-state index contributed by atoms with van der Waals surface area (Å²) in [7, 11) is -1.07. The summed E-state index contributed by atoms with van der Waals surface area (Å²) in [5.74, 6) is 1.15. The van der Waals surface area contributed by atoms with Gasteiger partial charge in [0.1, 0.15) is 12.2 Å². The first-order valence-electron chi connectivity index (χ1n) is 8.45. The molecule has 0 radical (unpaired) electrons. The second-order valence-corrected chi connectivity index (χ2v) is 7.55. The molecule has 25 heavy (non-hydrogen) atoms. The summed E-state index contributed by atoms with van der Waals surface area (Å²) < 4.78 is 13.6. The van der Waals surface area contributed by atoms with Crippen molar-refractivity contribution in [2.24, 2.45) is 0 Å². The van der Waals surface area contributed by atoms with E-state index in [9.17, 15) is 9.00 Å². The lowest BCUT2D eigenvalue weighted by molar-refractivity contribution is 0.190. The number of hydrogen-bond acceptors (Lipinski definition) is 4. The van der Waals surface area contributed by atoms with Crippen LogP contribution in [0.1, 0.15) is 31.5 Å². The minimum Gasteiger partial charge on any atom is -0.324 e. The molecule has 2 amide bonds. The van der Waals surface area contributed by atoms with E-state index in [2.05, 4.69) is 22.4 Å². The van der Waals surface area contributed by atoms with Crippen molar-refractivity contribution in [3.8, 4) is 0 Å². The van der Waals surface area contributed by atoms with Crippen LogP contribution >= 0.6 is 0 Å². The Kier molecular flexibility index (Phi) is 5.47. The first kappa shape index (κ1) is 17.6. The summed E-state index contributed by atoms with van der Waals surface area (Å²) in [5, 5.41) is 11.1. The number of carbonyl (C=O) groups is 1. The Morgan fingerprint density at radius 3 is 3.04 bits per heavy atom. The molecule has 1 fully saturated rings. The molecule has 0 spiro atoms. The van der Waals surface area contributed by atoms with Gasteiger partial charge in [-0.2, -0.15) is 0 Å². The number of hydrogen-bond donors (Lipinski definition) is 1. The Morgan fingerprint density at radius 2 is 2.28 bits per heavy atom. The van der Waals surface area contributed by atoms with Crippen LogP contribution in [0.3, 0.4) is 0 Å². The Morgan fingerprint density at radius 1 is 1.44 bits per heavy atom. The maximum absolute atomic E-state index is 12.6. The third kappa shape index (κ3) is 4.07. The lowest BCUT2D eigenvalue weighted by atomic mass is 9.97. The van der Waals surface area contributed by atoms with Gasteiger partial charge in [-0.05, 0) is 38.0 Å². The van der Waals surface area contributed by atoms with Crippen LogP contribution in [0.4, 0.5) is 10.5 Å². The highest BCUT2D eigenvalue weighted by Gasteiger charge is 2.27. The van der Waals surface area contributed by atoms with Crippen LogP contribution in [0.25, 0.3) is 0 Å². The molecule has 2 atom stereocenters. The second-order valence-electron chi connectivity index (χ2n) is 6.17. The largest absolute Gasteiger partial charge is 0.324 e. The predicted molar refractivity (Wildman–Crippen MR) is 97.0 cm³/mol. The SMILES string of the molecule is CCn1cnnc1[C@H]1CCCN(C(=O)Nc2cccc([S@@](C)=O)c2)C1. The highest BCUT2D eigenvalue weighted by molar-refractivity contribution is 7.84. The number of anilines is 1. The number of aryl methyl sites for hydroxylation is 1. The monoisotopic (exact) mass is 361 g/mol. The molecule has 8 heteroatoms. The summed E-state index contributed by atoms with van der Waals surface area (Å²) in [6, 6.07) is 7.02. The fraction of sp³-hybridized carbons (Fsp3) is 0.471. The number of piperidine rings is 1. The number of amides is 2. The summed E-state index contributed by atoms with van der Waals surface area (Å²) in [4.78, 5) is 15.1. The minimum absolute atomic E-state index is 0.133. The average molecular weight is 361 g/mol. The standard InChI is InChI=1S/C17H23N5O2S/c1-3-21-12-18-20-16(21)13-6-5-9-22(11-13)17(23)19-14-7-4-8-15(10-14)25(2)24/h4,7-8,10,12-13H,3,5-6,9,11H2,1-2H3,(H,19,23)/t13-,25+/m0/s1. The van der Waals surface area contributed by atoms with Gasteiger partial charge in [0.25, 0.3) is 0 Å². The minimum atomic E-state index is -1.07. The number of aromatic nitrogens is 3. The fourth-order valence-electron chi connectivity index (χ4n) is 3.15. The van der Waals surface area contributed by atoms with Crippen molar-refractivity contribution in [1.29, 1.82) is 0 Å². The van der Waals surface area contributed by atoms with Gasteiger partial charge in [-0.1, -0.05) is 6.07 Å². The molecule has 0 saturated carbocycles. The van der Waals surface area contributed by atoms with Gasteiger partial charge < -0.3 is 14.8 Å². The van der Waals surface area contributed by atoms with Crippen LogP contribution in [0.2, 0.25) is 0 Å². The van der Waals surface area contributed by atoms with E-state index in [1.54, 1.807) is 30.8 Å². The number of rotatable bonds is 4. The lowest BCUT2D eigenvalue weighted by Gasteiger charge is -2.32. The van der Waals surface area contributed by atoms with Crippen molar-refractivity contribution in [3.05, 3.63) is 36.4 Å². The molecule has 3 rings (SSSR count). The highest BCUT2D eigenvalue weighted by Crippen LogP contribution is 2.26. The molecular formula is C17H23N5O2S. The van der Waals surface area contributed by atoms with Gasteiger partial charge in [0.15, 0.2) is 0 Å². The normalized spacial score (nSPS) is 18.8. The van der Waals surface area contributed by atoms with E-state index >= 15 is 0 Å². The Bertz CT molecular complexity index is 776. The molecule has 1 saturated heterocycles. The van der Waals surface area contributed by atoms with Crippen LogP contribution in [0, 0.1) is 0 Å². The molecule has 1 N–H and O–H groups in total. The fourth-order valence-corrected chi connectivity index (χ4v) is 3.71. The molecule has 2 aromatic rings. The molecule has 1 aliphatic heterocycles. The van der Waals surface area contributed by atoms with Gasteiger partial charge in [0.05, 0.1) is 0 Å². The zero-order chi connectivity index (χ0) is 17.8. The van der Waals surface area contributed by atoms with E-state index < -0.39 is 10.8 Å². The highest BCUT2D eigenvalue weighted by atomic mass is 32.2. The van der Waals surface area contributed by atoms with Crippen molar-refractivity contribution in [2.45, 2.75) is 37.1 Å². The smallest absolute Gasteiger partial charge is 0.321 e. The van der Waals surface area contributed by atoms with Gasteiger partial charge in [0, 0.05) is 53.2 Å². The van der Waals surface area contributed by atoms with Gasteiger partial charge in [0.2, 0.25) is 0 Å². The number of nitrogens with zero attached hydrogens (tertiary/aromatic N) is 4. The van der Waals surface area contributed by atoms with Crippen LogP contribution in [0.5, 0.6) is 0 Å². The lowest BCUT2D eigenvalue weighted by Crippen LogP contribution is -2.42. The van der Waals surface area contributed by atoms with Gasteiger partial charge in [-0.3, -0.25) is 4.21 Å². The molecule has 0 bridgehead atoms. The summed E-state index contributed by atoms with van der Waals surface area (Å²) >= 11 is 0. The van der Waals surface area contributed by atoms with Crippen molar-refractivity contribution >= 4 is 22.5 Å².